The standard InChI is InChI=1S/C13H7BrF4O/c14-11-6-3-9(7-12(11)15)8-1-4-10(5-2-8)19-13(16,17)18/h1-7H. The summed E-state index contributed by atoms with van der Waals surface area (Å²) in [5.41, 5.74) is 1.17. The lowest BCUT2D eigenvalue weighted by atomic mass is 10.1. The first-order valence-electron chi connectivity index (χ1n) is 5.16. The predicted molar refractivity (Wildman–Crippen MR) is 66.2 cm³/mol. The number of halogens is 5. The van der Waals surface area contributed by atoms with E-state index in [2.05, 4.69) is 20.7 Å². The molecule has 0 amide bonds. The molecule has 100 valence electrons. The molecule has 0 atom stereocenters. The van der Waals surface area contributed by atoms with Crippen LogP contribution in [0.15, 0.2) is 46.9 Å². The molecule has 0 saturated carbocycles. The molecule has 0 aliphatic carbocycles. The fourth-order valence-electron chi connectivity index (χ4n) is 1.52. The van der Waals surface area contributed by atoms with Crippen LogP contribution in [0.1, 0.15) is 0 Å². The Labute approximate surface area is 114 Å². The lowest BCUT2D eigenvalue weighted by Crippen LogP contribution is -2.16. The summed E-state index contributed by atoms with van der Waals surface area (Å²) in [6, 6.07) is 9.72. The Morgan fingerprint density at radius 3 is 2.00 bits per heavy atom. The van der Waals surface area contributed by atoms with Crippen LogP contribution >= 0.6 is 15.9 Å². The predicted octanol–water partition coefficient (Wildman–Crippen LogP) is 5.15. The molecule has 0 radical (unpaired) electrons. The summed E-state index contributed by atoms with van der Waals surface area (Å²) in [7, 11) is 0. The van der Waals surface area contributed by atoms with Crippen LogP contribution in [0.3, 0.4) is 0 Å². The number of alkyl halides is 3. The maximum Gasteiger partial charge on any atom is 0.573 e. The van der Waals surface area contributed by atoms with Gasteiger partial charge in [-0.2, -0.15) is 0 Å². The van der Waals surface area contributed by atoms with Crippen molar-refractivity contribution >= 4 is 15.9 Å². The molecule has 0 saturated heterocycles. The van der Waals surface area contributed by atoms with Crippen molar-refractivity contribution in [2.45, 2.75) is 6.36 Å². The molecule has 19 heavy (non-hydrogen) atoms. The van der Waals surface area contributed by atoms with Gasteiger partial charge in [-0.15, -0.1) is 13.2 Å². The number of hydrogen-bond donors (Lipinski definition) is 0. The summed E-state index contributed by atoms with van der Waals surface area (Å²) in [4.78, 5) is 0. The molecule has 0 aromatic heterocycles. The van der Waals surface area contributed by atoms with E-state index in [9.17, 15) is 17.6 Å². The van der Waals surface area contributed by atoms with Gasteiger partial charge in [-0.05, 0) is 51.3 Å². The Balaban J connectivity index is 2.25. The van der Waals surface area contributed by atoms with Crippen LogP contribution in [0.5, 0.6) is 5.75 Å². The summed E-state index contributed by atoms with van der Waals surface area (Å²) in [6.07, 6.45) is -4.72. The van der Waals surface area contributed by atoms with Crippen LogP contribution in [0.4, 0.5) is 17.6 Å². The second-order valence-corrected chi connectivity index (χ2v) is 4.56. The molecular weight excluding hydrogens is 328 g/mol. The van der Waals surface area contributed by atoms with Crippen molar-refractivity contribution in [3.8, 4) is 16.9 Å². The highest BCUT2D eigenvalue weighted by Crippen LogP contribution is 2.28. The van der Waals surface area contributed by atoms with Gasteiger partial charge in [0.05, 0.1) is 4.47 Å². The Kier molecular flexibility index (Phi) is 3.80. The Morgan fingerprint density at radius 2 is 1.47 bits per heavy atom. The minimum atomic E-state index is -4.72. The monoisotopic (exact) mass is 334 g/mol. The molecule has 0 spiro atoms. The number of benzene rings is 2. The minimum absolute atomic E-state index is 0.311. The molecule has 2 rings (SSSR count). The van der Waals surface area contributed by atoms with Crippen molar-refractivity contribution in [1.29, 1.82) is 0 Å². The zero-order valence-electron chi connectivity index (χ0n) is 9.34. The number of ether oxygens (including phenoxy) is 1. The molecule has 0 heterocycles. The average Bonchev–Trinajstić information content (AvgIpc) is 2.32. The van der Waals surface area contributed by atoms with Crippen molar-refractivity contribution in [2.24, 2.45) is 0 Å². The van der Waals surface area contributed by atoms with Crippen molar-refractivity contribution in [3.05, 3.63) is 52.8 Å². The zero-order valence-corrected chi connectivity index (χ0v) is 10.9. The first-order chi connectivity index (χ1) is 8.85. The van der Waals surface area contributed by atoms with E-state index in [0.29, 0.717) is 15.6 Å². The van der Waals surface area contributed by atoms with Gasteiger partial charge in [0.25, 0.3) is 0 Å². The molecule has 0 aliphatic rings. The number of hydrogen-bond acceptors (Lipinski definition) is 1. The molecule has 6 heteroatoms. The van der Waals surface area contributed by atoms with Gasteiger partial charge in [0.1, 0.15) is 11.6 Å². The highest BCUT2D eigenvalue weighted by atomic mass is 79.9. The maximum absolute atomic E-state index is 13.3. The zero-order chi connectivity index (χ0) is 14.0. The fourth-order valence-corrected chi connectivity index (χ4v) is 1.77. The van der Waals surface area contributed by atoms with Crippen molar-refractivity contribution in [2.75, 3.05) is 0 Å². The maximum atomic E-state index is 13.3. The van der Waals surface area contributed by atoms with E-state index in [-0.39, 0.29) is 5.75 Å². The first kappa shape index (κ1) is 13.9. The molecule has 2 aromatic rings. The van der Waals surface area contributed by atoms with Crippen molar-refractivity contribution in [1.82, 2.24) is 0 Å². The third-order valence-corrected chi connectivity index (χ3v) is 2.98. The van der Waals surface area contributed by atoms with Gasteiger partial charge in [0, 0.05) is 0 Å². The van der Waals surface area contributed by atoms with Crippen LogP contribution in [-0.4, -0.2) is 6.36 Å². The van der Waals surface area contributed by atoms with Gasteiger partial charge < -0.3 is 4.74 Å². The number of rotatable bonds is 2. The summed E-state index contributed by atoms with van der Waals surface area (Å²) < 4.78 is 53.4. The average molecular weight is 335 g/mol. The van der Waals surface area contributed by atoms with Gasteiger partial charge in [0.2, 0.25) is 0 Å². The topological polar surface area (TPSA) is 9.23 Å². The van der Waals surface area contributed by atoms with Gasteiger partial charge >= 0.3 is 6.36 Å². The van der Waals surface area contributed by atoms with Gasteiger partial charge in [0.15, 0.2) is 0 Å². The highest BCUT2D eigenvalue weighted by molar-refractivity contribution is 9.10. The van der Waals surface area contributed by atoms with E-state index in [1.54, 1.807) is 6.07 Å². The first-order valence-corrected chi connectivity index (χ1v) is 5.96. The van der Waals surface area contributed by atoms with E-state index in [1.807, 2.05) is 0 Å². The normalized spacial score (nSPS) is 11.4. The third-order valence-electron chi connectivity index (χ3n) is 2.34. The molecular formula is C13H7BrF4O. The van der Waals surface area contributed by atoms with Crippen LogP contribution < -0.4 is 4.74 Å². The van der Waals surface area contributed by atoms with Gasteiger partial charge in [-0.1, -0.05) is 18.2 Å². The Bertz CT molecular complexity index is 578. The van der Waals surface area contributed by atoms with Crippen molar-refractivity contribution < 1.29 is 22.3 Å². The van der Waals surface area contributed by atoms with E-state index >= 15 is 0 Å². The smallest absolute Gasteiger partial charge is 0.406 e. The van der Waals surface area contributed by atoms with E-state index in [4.69, 9.17) is 0 Å². The van der Waals surface area contributed by atoms with Gasteiger partial charge in [-0.3, -0.25) is 0 Å². The second-order valence-electron chi connectivity index (χ2n) is 3.70. The summed E-state index contributed by atoms with van der Waals surface area (Å²) in [5.74, 6) is -0.748. The van der Waals surface area contributed by atoms with E-state index < -0.39 is 12.2 Å². The summed E-state index contributed by atoms with van der Waals surface area (Å²) in [5, 5.41) is 0. The molecule has 0 aliphatic heterocycles. The fraction of sp³-hybridized carbons (Fsp3) is 0.0769. The van der Waals surface area contributed by atoms with Crippen LogP contribution in [0, 0.1) is 5.82 Å². The molecule has 0 unspecified atom stereocenters. The molecule has 2 aromatic carbocycles. The minimum Gasteiger partial charge on any atom is -0.406 e. The lowest BCUT2D eigenvalue weighted by molar-refractivity contribution is -0.274. The van der Waals surface area contributed by atoms with Crippen LogP contribution in [0.25, 0.3) is 11.1 Å². The lowest BCUT2D eigenvalue weighted by Gasteiger charge is -2.09. The van der Waals surface area contributed by atoms with E-state index in [0.717, 1.165) is 0 Å². The summed E-state index contributed by atoms with van der Waals surface area (Å²) >= 11 is 3.03. The molecule has 1 nitrogen and oxygen atoms in total. The molecule has 0 bridgehead atoms. The SMILES string of the molecule is Fc1cc(-c2ccc(OC(F)(F)F)cc2)ccc1Br. The van der Waals surface area contributed by atoms with Crippen LogP contribution in [-0.2, 0) is 0 Å². The quantitative estimate of drug-likeness (QED) is 0.690. The molecule has 0 fully saturated rings. The second kappa shape index (κ2) is 5.21. The largest absolute Gasteiger partial charge is 0.573 e. The van der Waals surface area contributed by atoms with Crippen LogP contribution in [0.2, 0.25) is 0 Å². The Morgan fingerprint density at radius 1 is 0.895 bits per heavy atom. The van der Waals surface area contributed by atoms with E-state index in [1.165, 1.54) is 36.4 Å². The van der Waals surface area contributed by atoms with Crippen molar-refractivity contribution in [3.63, 3.8) is 0 Å². The third kappa shape index (κ3) is 3.70. The summed E-state index contributed by atoms with van der Waals surface area (Å²) in [6.45, 7) is 0. The Hall–Kier alpha value is -1.56. The molecule has 0 N–H and O–H groups in total. The highest BCUT2D eigenvalue weighted by Gasteiger charge is 2.30. The van der Waals surface area contributed by atoms with Gasteiger partial charge in [-0.25, -0.2) is 4.39 Å².